The molecule has 0 fully saturated rings. The summed E-state index contributed by atoms with van der Waals surface area (Å²) < 4.78 is 0.997. The highest BCUT2D eigenvalue weighted by molar-refractivity contribution is 9.10. The summed E-state index contributed by atoms with van der Waals surface area (Å²) in [5.41, 5.74) is 2.94. The molecule has 3 nitrogen and oxygen atoms in total. The first-order valence-electron chi connectivity index (χ1n) is 5.33. The maximum atomic E-state index is 11.7. The van der Waals surface area contributed by atoms with E-state index in [4.69, 9.17) is 0 Å². The predicted molar refractivity (Wildman–Crippen MR) is 72.0 cm³/mol. The molecule has 1 heterocycles. The third-order valence-electron chi connectivity index (χ3n) is 2.48. The smallest absolute Gasteiger partial charge is 0.228 e. The Morgan fingerprint density at radius 2 is 2.24 bits per heavy atom. The van der Waals surface area contributed by atoms with Crippen LogP contribution >= 0.6 is 15.9 Å². The summed E-state index contributed by atoms with van der Waals surface area (Å²) in [7, 11) is 0. The number of halogens is 1. The van der Waals surface area contributed by atoms with Crippen LogP contribution in [0.15, 0.2) is 41.1 Å². The van der Waals surface area contributed by atoms with Crippen LogP contribution < -0.4 is 5.32 Å². The molecular weight excluding hydrogens is 280 g/mol. The maximum Gasteiger partial charge on any atom is 0.228 e. The van der Waals surface area contributed by atoms with Crippen LogP contribution in [-0.2, 0) is 11.2 Å². The molecule has 4 heteroatoms. The van der Waals surface area contributed by atoms with Crippen molar-refractivity contribution in [3.8, 4) is 0 Å². The van der Waals surface area contributed by atoms with Crippen LogP contribution in [0.5, 0.6) is 0 Å². The Bertz CT molecular complexity index is 520. The van der Waals surface area contributed by atoms with Crippen molar-refractivity contribution in [3.05, 3.63) is 52.3 Å². The summed E-state index contributed by atoms with van der Waals surface area (Å²) in [4.78, 5) is 14.7. The van der Waals surface area contributed by atoms with Gasteiger partial charge in [0.15, 0.2) is 0 Å². The van der Waals surface area contributed by atoms with Gasteiger partial charge in [0.1, 0.15) is 0 Å². The number of rotatable bonds is 3. The summed E-state index contributed by atoms with van der Waals surface area (Å²) >= 11 is 3.44. The van der Waals surface area contributed by atoms with Gasteiger partial charge in [0.05, 0.1) is 6.42 Å². The van der Waals surface area contributed by atoms with E-state index in [1.807, 2.05) is 43.6 Å². The van der Waals surface area contributed by atoms with Crippen molar-refractivity contribution in [2.75, 3.05) is 5.32 Å². The molecule has 0 saturated carbocycles. The molecule has 2 aromatic rings. The summed E-state index contributed by atoms with van der Waals surface area (Å²) in [6.07, 6.45) is 4.02. The number of anilines is 1. The first-order chi connectivity index (χ1) is 8.15. The van der Waals surface area contributed by atoms with Gasteiger partial charge in [-0.3, -0.25) is 4.79 Å². The average molecular weight is 293 g/mol. The molecule has 0 aliphatic carbocycles. The maximum absolute atomic E-state index is 11.7. The first kappa shape index (κ1) is 11.9. The fourth-order valence-electron chi connectivity index (χ4n) is 1.53. The van der Waals surface area contributed by atoms with E-state index in [0.717, 1.165) is 21.3 Å². The average Bonchev–Trinajstić information content (AvgIpc) is 2.76. The molecule has 2 N–H and O–H groups in total. The minimum Gasteiger partial charge on any atom is -0.367 e. The lowest BCUT2D eigenvalue weighted by Gasteiger charge is -2.06. The van der Waals surface area contributed by atoms with Gasteiger partial charge in [-0.1, -0.05) is 22.0 Å². The third kappa shape index (κ3) is 3.20. The zero-order valence-corrected chi connectivity index (χ0v) is 11.0. The van der Waals surface area contributed by atoms with E-state index < -0.39 is 0 Å². The summed E-state index contributed by atoms with van der Waals surface area (Å²) in [6, 6.07) is 7.67. The minimum atomic E-state index is -0.0136. The van der Waals surface area contributed by atoms with Crippen LogP contribution in [0.2, 0.25) is 0 Å². The van der Waals surface area contributed by atoms with Crippen LogP contribution in [0.4, 0.5) is 5.69 Å². The second-order valence-corrected chi connectivity index (χ2v) is 4.76. The lowest BCUT2D eigenvalue weighted by atomic mass is 10.2. The van der Waals surface area contributed by atoms with Crippen molar-refractivity contribution in [2.24, 2.45) is 0 Å². The highest BCUT2D eigenvalue weighted by Crippen LogP contribution is 2.20. The fraction of sp³-hybridized carbons (Fsp3) is 0.154. The number of hydrogen-bond donors (Lipinski definition) is 2. The Hall–Kier alpha value is -1.55. The van der Waals surface area contributed by atoms with Gasteiger partial charge in [-0.15, -0.1) is 0 Å². The third-order valence-corrected chi connectivity index (χ3v) is 3.34. The lowest BCUT2D eigenvalue weighted by molar-refractivity contribution is -0.115. The van der Waals surface area contributed by atoms with E-state index in [9.17, 15) is 4.79 Å². The number of H-pyrrole nitrogens is 1. The Morgan fingerprint density at radius 3 is 2.88 bits per heavy atom. The van der Waals surface area contributed by atoms with Gasteiger partial charge < -0.3 is 10.3 Å². The lowest BCUT2D eigenvalue weighted by Crippen LogP contribution is -2.13. The number of hydrogen-bond acceptors (Lipinski definition) is 1. The van der Waals surface area contributed by atoms with Crippen LogP contribution in [0.25, 0.3) is 0 Å². The quantitative estimate of drug-likeness (QED) is 0.896. The summed E-state index contributed by atoms with van der Waals surface area (Å²) in [6.45, 7) is 2.01. The van der Waals surface area contributed by atoms with E-state index in [-0.39, 0.29) is 5.91 Å². The van der Waals surface area contributed by atoms with Crippen molar-refractivity contribution >= 4 is 27.5 Å². The van der Waals surface area contributed by atoms with Crippen molar-refractivity contribution in [1.29, 1.82) is 0 Å². The van der Waals surface area contributed by atoms with E-state index in [1.165, 1.54) is 0 Å². The van der Waals surface area contributed by atoms with Gasteiger partial charge in [0.2, 0.25) is 5.91 Å². The molecular formula is C13H13BrN2O. The van der Waals surface area contributed by atoms with Crippen molar-refractivity contribution < 1.29 is 4.79 Å². The molecule has 0 aliphatic rings. The molecule has 0 unspecified atom stereocenters. The normalized spacial score (nSPS) is 10.2. The Labute approximate surface area is 108 Å². The summed E-state index contributed by atoms with van der Waals surface area (Å²) in [5.74, 6) is -0.0136. The highest BCUT2D eigenvalue weighted by atomic mass is 79.9. The van der Waals surface area contributed by atoms with Crippen LogP contribution in [-0.4, -0.2) is 10.9 Å². The van der Waals surface area contributed by atoms with Gasteiger partial charge in [0, 0.05) is 22.6 Å². The summed E-state index contributed by atoms with van der Waals surface area (Å²) in [5, 5.41) is 2.87. The van der Waals surface area contributed by atoms with Crippen LogP contribution in [0.1, 0.15) is 11.1 Å². The van der Waals surface area contributed by atoms with Gasteiger partial charge in [-0.2, -0.15) is 0 Å². The molecule has 0 spiro atoms. The molecule has 1 amide bonds. The topological polar surface area (TPSA) is 44.9 Å². The van der Waals surface area contributed by atoms with Crippen LogP contribution in [0.3, 0.4) is 0 Å². The van der Waals surface area contributed by atoms with E-state index in [1.54, 1.807) is 0 Å². The van der Waals surface area contributed by atoms with Gasteiger partial charge in [0.25, 0.3) is 0 Å². The zero-order valence-electron chi connectivity index (χ0n) is 9.46. The number of carbonyl (C=O) groups is 1. The first-order valence-corrected chi connectivity index (χ1v) is 6.12. The standard InChI is InChI=1S/C13H13BrN2O/c1-9-2-3-11(7-12(9)14)16-13(17)6-10-4-5-15-8-10/h2-5,7-8,15H,6H2,1H3,(H,16,17). The number of carbonyl (C=O) groups excluding carboxylic acids is 1. The molecule has 0 atom stereocenters. The number of nitrogens with one attached hydrogen (secondary N) is 2. The number of aromatic amines is 1. The fourth-order valence-corrected chi connectivity index (χ4v) is 1.91. The highest BCUT2D eigenvalue weighted by Gasteiger charge is 2.05. The second-order valence-electron chi connectivity index (χ2n) is 3.91. The Morgan fingerprint density at radius 1 is 1.41 bits per heavy atom. The predicted octanol–water partition coefficient (Wildman–Crippen LogP) is 3.27. The van der Waals surface area contributed by atoms with Crippen molar-refractivity contribution in [3.63, 3.8) is 0 Å². The minimum absolute atomic E-state index is 0.0136. The molecule has 0 radical (unpaired) electrons. The Balaban J connectivity index is 2.00. The monoisotopic (exact) mass is 292 g/mol. The SMILES string of the molecule is Cc1ccc(NC(=O)Cc2cc[nH]c2)cc1Br. The second kappa shape index (κ2) is 5.19. The molecule has 0 aliphatic heterocycles. The van der Waals surface area contributed by atoms with E-state index in [2.05, 4.69) is 26.2 Å². The zero-order chi connectivity index (χ0) is 12.3. The number of amides is 1. The largest absolute Gasteiger partial charge is 0.367 e. The van der Waals surface area contributed by atoms with Gasteiger partial charge >= 0.3 is 0 Å². The van der Waals surface area contributed by atoms with Gasteiger partial charge in [-0.05, 0) is 36.2 Å². The molecule has 0 saturated heterocycles. The number of aromatic nitrogens is 1. The molecule has 88 valence electrons. The van der Waals surface area contributed by atoms with Crippen LogP contribution in [0, 0.1) is 6.92 Å². The van der Waals surface area contributed by atoms with Crippen molar-refractivity contribution in [1.82, 2.24) is 4.98 Å². The number of aryl methyl sites for hydroxylation is 1. The molecule has 0 bridgehead atoms. The molecule has 1 aromatic carbocycles. The number of benzene rings is 1. The molecule has 17 heavy (non-hydrogen) atoms. The molecule has 2 rings (SSSR count). The van der Waals surface area contributed by atoms with Gasteiger partial charge in [-0.25, -0.2) is 0 Å². The van der Waals surface area contributed by atoms with Crippen molar-refractivity contribution in [2.45, 2.75) is 13.3 Å². The Kier molecular flexibility index (Phi) is 3.64. The molecule has 1 aromatic heterocycles. The van der Waals surface area contributed by atoms with E-state index >= 15 is 0 Å². The van der Waals surface area contributed by atoms with E-state index in [0.29, 0.717) is 6.42 Å².